The van der Waals surface area contributed by atoms with E-state index >= 15 is 0 Å². The van der Waals surface area contributed by atoms with Crippen molar-refractivity contribution < 1.29 is 24.1 Å². The molecule has 7 nitrogen and oxygen atoms in total. The molecule has 2 atom stereocenters. The molecule has 1 aliphatic rings. The Bertz CT molecular complexity index is 917. The van der Waals surface area contributed by atoms with E-state index in [9.17, 15) is 4.39 Å². The minimum absolute atomic E-state index is 0.203. The predicted molar refractivity (Wildman–Crippen MR) is 94.0 cm³/mol. The minimum Gasteiger partial charge on any atom is -0.450 e. The second kappa shape index (κ2) is 7.73. The molecule has 1 saturated heterocycles. The number of aromatic nitrogens is 3. The summed E-state index contributed by atoms with van der Waals surface area (Å²) in [6.07, 6.45) is 1.08. The SMILES string of the molecule is Fc1ccc(C2(Cn3cncn3)OC2c2ccccc2Cl)cc1.O=C(O)O. The number of halogens is 2. The van der Waals surface area contributed by atoms with Crippen molar-refractivity contribution in [3.05, 3.63) is 83.2 Å². The van der Waals surface area contributed by atoms with Gasteiger partial charge in [0, 0.05) is 10.6 Å². The molecule has 0 amide bonds. The normalized spacial score (nSPS) is 20.4. The molecule has 1 fully saturated rings. The molecule has 27 heavy (non-hydrogen) atoms. The van der Waals surface area contributed by atoms with E-state index in [1.54, 1.807) is 23.1 Å². The molecule has 1 aliphatic heterocycles. The number of carbonyl (C=O) groups is 1. The molecule has 0 radical (unpaired) electrons. The Kier molecular flexibility index (Phi) is 5.38. The fraction of sp³-hybridized carbons (Fsp3) is 0.167. The second-order valence-electron chi connectivity index (χ2n) is 5.79. The van der Waals surface area contributed by atoms with Gasteiger partial charge in [0.15, 0.2) is 0 Å². The predicted octanol–water partition coefficient (Wildman–Crippen LogP) is 3.96. The molecule has 0 spiro atoms. The molecule has 0 aliphatic carbocycles. The smallest absolute Gasteiger partial charge is 0.450 e. The largest absolute Gasteiger partial charge is 0.503 e. The molecule has 2 N–H and O–H groups in total. The standard InChI is InChI=1S/C17H13ClFN3O.CH2O3/c18-15-4-2-1-3-14(15)16-17(23-16,9-22-11-20-10-21-22)12-5-7-13(19)8-6-12;2-1(3)4/h1-8,10-11,16H,9H2;(H2,2,3,4). The van der Waals surface area contributed by atoms with Crippen LogP contribution in [0.25, 0.3) is 0 Å². The zero-order chi connectivity index (χ0) is 19.4. The van der Waals surface area contributed by atoms with E-state index in [-0.39, 0.29) is 11.9 Å². The lowest BCUT2D eigenvalue weighted by molar-refractivity contribution is 0.137. The van der Waals surface area contributed by atoms with Gasteiger partial charge in [0.25, 0.3) is 0 Å². The molecule has 2 unspecified atom stereocenters. The van der Waals surface area contributed by atoms with Gasteiger partial charge >= 0.3 is 6.16 Å². The van der Waals surface area contributed by atoms with Crippen LogP contribution in [-0.4, -0.2) is 31.1 Å². The lowest BCUT2D eigenvalue weighted by Crippen LogP contribution is -2.19. The Morgan fingerprint density at radius 3 is 2.48 bits per heavy atom. The average Bonchev–Trinajstić information content (AvgIpc) is 3.09. The van der Waals surface area contributed by atoms with Crippen LogP contribution in [0, 0.1) is 5.82 Å². The summed E-state index contributed by atoms with van der Waals surface area (Å²) < 4.78 is 21.1. The van der Waals surface area contributed by atoms with E-state index < -0.39 is 11.8 Å². The number of nitrogens with zero attached hydrogens (tertiary/aromatic N) is 3. The molecule has 140 valence electrons. The van der Waals surface area contributed by atoms with Crippen molar-refractivity contribution >= 4 is 17.8 Å². The van der Waals surface area contributed by atoms with Gasteiger partial charge in [-0.25, -0.2) is 18.9 Å². The number of ether oxygens (including phenoxy) is 1. The Morgan fingerprint density at radius 2 is 1.89 bits per heavy atom. The molecule has 3 aromatic rings. The van der Waals surface area contributed by atoms with Crippen LogP contribution in [0.2, 0.25) is 5.02 Å². The second-order valence-corrected chi connectivity index (χ2v) is 6.20. The molecule has 0 saturated carbocycles. The third-order valence-corrected chi connectivity index (χ3v) is 4.42. The summed E-state index contributed by atoms with van der Waals surface area (Å²) >= 11 is 6.31. The van der Waals surface area contributed by atoms with E-state index in [1.165, 1.54) is 18.5 Å². The van der Waals surface area contributed by atoms with E-state index in [0.29, 0.717) is 11.6 Å². The van der Waals surface area contributed by atoms with Crippen molar-refractivity contribution in [1.29, 1.82) is 0 Å². The van der Waals surface area contributed by atoms with E-state index in [4.69, 9.17) is 31.3 Å². The fourth-order valence-electron chi connectivity index (χ4n) is 2.90. The molecular weight excluding hydrogens is 377 g/mol. The van der Waals surface area contributed by atoms with Crippen molar-refractivity contribution in [3.8, 4) is 0 Å². The average molecular weight is 392 g/mol. The molecular formula is C18H15ClFN3O4. The van der Waals surface area contributed by atoms with Crippen LogP contribution in [0.1, 0.15) is 17.2 Å². The van der Waals surface area contributed by atoms with Gasteiger partial charge in [-0.1, -0.05) is 41.9 Å². The van der Waals surface area contributed by atoms with Crippen molar-refractivity contribution in [2.75, 3.05) is 0 Å². The first-order valence-electron chi connectivity index (χ1n) is 7.85. The Labute approximate surface area is 158 Å². The molecule has 1 aromatic heterocycles. The quantitative estimate of drug-likeness (QED) is 0.653. The van der Waals surface area contributed by atoms with Gasteiger partial charge in [-0.2, -0.15) is 5.10 Å². The van der Waals surface area contributed by atoms with Gasteiger partial charge in [0.1, 0.15) is 30.2 Å². The highest BCUT2D eigenvalue weighted by Crippen LogP contribution is 2.59. The summed E-state index contributed by atoms with van der Waals surface area (Å²) in [6, 6.07) is 13.9. The minimum atomic E-state index is -1.83. The van der Waals surface area contributed by atoms with E-state index in [1.807, 2.05) is 24.3 Å². The Balaban J connectivity index is 0.000000481. The first kappa shape index (κ1) is 18.8. The lowest BCUT2D eigenvalue weighted by atomic mass is 9.91. The summed E-state index contributed by atoms with van der Waals surface area (Å²) in [5, 5.41) is 18.8. The maximum atomic E-state index is 13.3. The third-order valence-electron chi connectivity index (χ3n) is 4.08. The Hall–Kier alpha value is -2.97. The van der Waals surface area contributed by atoms with Crippen molar-refractivity contribution in [2.24, 2.45) is 0 Å². The fourth-order valence-corrected chi connectivity index (χ4v) is 3.13. The molecule has 4 rings (SSSR count). The zero-order valence-electron chi connectivity index (χ0n) is 13.9. The van der Waals surface area contributed by atoms with Gasteiger partial charge in [0.2, 0.25) is 0 Å². The van der Waals surface area contributed by atoms with Crippen LogP contribution in [0.5, 0.6) is 0 Å². The monoisotopic (exact) mass is 391 g/mol. The number of hydrogen-bond donors (Lipinski definition) is 2. The number of carboxylic acid groups (broad SMARTS) is 2. The number of benzene rings is 2. The van der Waals surface area contributed by atoms with Crippen molar-refractivity contribution in [3.63, 3.8) is 0 Å². The third kappa shape index (κ3) is 4.24. The van der Waals surface area contributed by atoms with Gasteiger partial charge in [0.05, 0.1) is 6.54 Å². The number of hydrogen-bond acceptors (Lipinski definition) is 4. The van der Waals surface area contributed by atoms with Crippen LogP contribution in [0.3, 0.4) is 0 Å². The van der Waals surface area contributed by atoms with Crippen LogP contribution < -0.4 is 0 Å². The van der Waals surface area contributed by atoms with E-state index in [0.717, 1.165) is 11.1 Å². The van der Waals surface area contributed by atoms with Crippen LogP contribution in [0.15, 0.2) is 61.2 Å². The molecule has 0 bridgehead atoms. The highest BCUT2D eigenvalue weighted by Gasteiger charge is 2.59. The summed E-state index contributed by atoms with van der Waals surface area (Å²) in [5.41, 5.74) is 1.18. The van der Waals surface area contributed by atoms with Gasteiger partial charge in [-0.15, -0.1) is 0 Å². The maximum Gasteiger partial charge on any atom is 0.503 e. The zero-order valence-corrected chi connectivity index (χ0v) is 14.6. The molecule has 2 heterocycles. The summed E-state index contributed by atoms with van der Waals surface area (Å²) in [4.78, 5) is 12.5. The van der Waals surface area contributed by atoms with Crippen LogP contribution >= 0.6 is 11.6 Å². The Morgan fingerprint density at radius 1 is 1.22 bits per heavy atom. The van der Waals surface area contributed by atoms with Gasteiger partial charge in [-0.3, -0.25) is 0 Å². The van der Waals surface area contributed by atoms with Gasteiger partial charge in [-0.05, 0) is 23.8 Å². The first-order chi connectivity index (χ1) is 12.9. The molecule has 2 aromatic carbocycles. The number of rotatable bonds is 4. The highest BCUT2D eigenvalue weighted by molar-refractivity contribution is 6.31. The first-order valence-corrected chi connectivity index (χ1v) is 8.23. The maximum absolute atomic E-state index is 13.3. The van der Waals surface area contributed by atoms with Gasteiger partial charge < -0.3 is 14.9 Å². The molecule has 9 heteroatoms. The summed E-state index contributed by atoms with van der Waals surface area (Å²) in [7, 11) is 0. The summed E-state index contributed by atoms with van der Waals surface area (Å²) in [5.74, 6) is -0.278. The lowest BCUT2D eigenvalue weighted by Gasteiger charge is -2.14. The topological polar surface area (TPSA) is 101 Å². The number of epoxide rings is 1. The highest BCUT2D eigenvalue weighted by atomic mass is 35.5. The van der Waals surface area contributed by atoms with Crippen molar-refractivity contribution in [2.45, 2.75) is 18.2 Å². The van der Waals surface area contributed by atoms with E-state index in [2.05, 4.69) is 10.1 Å². The van der Waals surface area contributed by atoms with Crippen LogP contribution in [0.4, 0.5) is 9.18 Å². The summed E-state index contributed by atoms with van der Waals surface area (Å²) in [6.45, 7) is 0.481. The van der Waals surface area contributed by atoms with Crippen molar-refractivity contribution in [1.82, 2.24) is 14.8 Å². The van der Waals surface area contributed by atoms with Crippen LogP contribution in [-0.2, 0) is 16.9 Å².